The summed E-state index contributed by atoms with van der Waals surface area (Å²) < 4.78 is 52.9. The van der Waals surface area contributed by atoms with Crippen LogP contribution >= 0.6 is 11.8 Å². The third-order valence-corrected chi connectivity index (χ3v) is 6.59. The average Bonchev–Trinajstić information content (AvgIpc) is 3.24. The van der Waals surface area contributed by atoms with E-state index in [9.17, 15) is 18.0 Å². The number of carbonyl (C=O) groups excluding carboxylic acids is 1. The molecular weight excluding hydrogens is 517 g/mol. The number of esters is 1. The highest BCUT2D eigenvalue weighted by Gasteiger charge is 2.31. The largest absolute Gasteiger partial charge is 0.573 e. The Morgan fingerprint density at radius 1 is 1.03 bits per heavy atom. The zero-order valence-corrected chi connectivity index (χ0v) is 22.1. The minimum Gasteiger partial charge on any atom is -0.482 e. The third-order valence-electron chi connectivity index (χ3n) is 5.33. The van der Waals surface area contributed by atoms with Gasteiger partial charge in [0.15, 0.2) is 6.61 Å². The van der Waals surface area contributed by atoms with Crippen molar-refractivity contribution < 1.29 is 32.2 Å². The van der Waals surface area contributed by atoms with Gasteiger partial charge in [-0.1, -0.05) is 30.3 Å². The molecule has 0 amide bonds. The average molecular weight is 545 g/mol. The number of nitrogens with zero attached hydrogens (tertiary/aromatic N) is 1. The molecule has 1 heterocycles. The van der Waals surface area contributed by atoms with Gasteiger partial charge >= 0.3 is 12.3 Å². The fraction of sp³-hybridized carbons (Fsp3) is 0.286. The molecule has 38 heavy (non-hydrogen) atoms. The highest BCUT2D eigenvalue weighted by Crippen LogP contribution is 2.43. The Kier molecular flexibility index (Phi) is 7.91. The van der Waals surface area contributed by atoms with Crippen LogP contribution in [0.4, 0.5) is 13.2 Å². The molecule has 0 aliphatic heterocycles. The van der Waals surface area contributed by atoms with Crippen LogP contribution in [0.1, 0.15) is 42.8 Å². The van der Waals surface area contributed by atoms with Gasteiger partial charge in [0.1, 0.15) is 17.1 Å². The van der Waals surface area contributed by atoms with Crippen LogP contribution in [0, 0.1) is 6.92 Å². The maximum Gasteiger partial charge on any atom is 0.573 e. The van der Waals surface area contributed by atoms with E-state index in [1.54, 1.807) is 39.0 Å². The summed E-state index contributed by atoms with van der Waals surface area (Å²) in [5.74, 6) is -0.200. The Morgan fingerprint density at radius 3 is 2.39 bits per heavy atom. The molecule has 1 atom stereocenters. The van der Waals surface area contributed by atoms with Gasteiger partial charge in [-0.05, 0) is 75.2 Å². The van der Waals surface area contributed by atoms with E-state index in [1.807, 2.05) is 43.3 Å². The van der Waals surface area contributed by atoms with Crippen LogP contribution in [0.25, 0.3) is 10.9 Å². The molecule has 3 aromatic carbocycles. The second-order valence-corrected chi connectivity index (χ2v) is 10.8. The van der Waals surface area contributed by atoms with Crippen molar-refractivity contribution in [3.63, 3.8) is 0 Å². The molecule has 0 aliphatic rings. The third kappa shape index (κ3) is 7.22. The quantitative estimate of drug-likeness (QED) is 0.184. The van der Waals surface area contributed by atoms with Gasteiger partial charge in [-0.2, -0.15) is 5.10 Å². The molecule has 4 aromatic rings. The molecule has 1 aromatic heterocycles. The number of halogens is 3. The van der Waals surface area contributed by atoms with E-state index in [-0.39, 0.29) is 17.6 Å². The number of hydrogen-bond donors (Lipinski definition) is 1. The van der Waals surface area contributed by atoms with Crippen LogP contribution in [0.3, 0.4) is 0 Å². The molecule has 4 rings (SSSR count). The molecule has 0 bridgehead atoms. The fourth-order valence-corrected chi connectivity index (χ4v) is 5.06. The normalized spacial score (nSPS) is 12.8. The van der Waals surface area contributed by atoms with Gasteiger partial charge in [0.05, 0.1) is 16.5 Å². The van der Waals surface area contributed by atoms with Crippen molar-refractivity contribution in [2.45, 2.75) is 49.8 Å². The smallest absolute Gasteiger partial charge is 0.482 e. The van der Waals surface area contributed by atoms with Gasteiger partial charge < -0.3 is 14.2 Å². The van der Waals surface area contributed by atoms with Gasteiger partial charge in [0.25, 0.3) is 0 Å². The maximum absolute atomic E-state index is 12.7. The number of alkyl halides is 3. The summed E-state index contributed by atoms with van der Waals surface area (Å²) in [6, 6.07) is 19.0. The predicted octanol–water partition coefficient (Wildman–Crippen LogP) is 7.37. The van der Waals surface area contributed by atoms with Crippen molar-refractivity contribution in [1.29, 1.82) is 0 Å². The number of aryl methyl sites for hydroxylation is 1. The molecule has 200 valence electrons. The Hall–Kier alpha value is -3.66. The summed E-state index contributed by atoms with van der Waals surface area (Å²) in [5.41, 5.74) is 2.58. The highest BCUT2D eigenvalue weighted by molar-refractivity contribution is 7.99. The lowest BCUT2D eigenvalue weighted by molar-refractivity contribution is -0.274. The van der Waals surface area contributed by atoms with Crippen LogP contribution in [-0.4, -0.2) is 34.7 Å². The van der Waals surface area contributed by atoms with Crippen LogP contribution in [0.2, 0.25) is 0 Å². The Labute approximate surface area is 222 Å². The molecule has 10 heteroatoms. The SMILES string of the molecule is Cc1cc(SC(c2ccc(OC(F)(F)F)cc2)c2n[nH]c3ccccc23)ccc1OCC(=O)OC(C)(C)C. The summed E-state index contributed by atoms with van der Waals surface area (Å²) in [4.78, 5) is 12.9. The van der Waals surface area contributed by atoms with E-state index in [1.165, 1.54) is 23.9 Å². The zero-order chi connectivity index (χ0) is 27.5. The lowest BCUT2D eigenvalue weighted by Gasteiger charge is -2.20. The topological polar surface area (TPSA) is 73.4 Å². The molecule has 0 aliphatic carbocycles. The van der Waals surface area contributed by atoms with Crippen molar-refractivity contribution in [3.8, 4) is 11.5 Å². The lowest BCUT2D eigenvalue weighted by Crippen LogP contribution is -2.27. The molecule has 0 fully saturated rings. The number of fused-ring (bicyclic) bond motifs is 1. The van der Waals surface area contributed by atoms with Crippen LogP contribution < -0.4 is 9.47 Å². The second kappa shape index (κ2) is 11.0. The number of aromatic amines is 1. The molecule has 0 saturated heterocycles. The Bertz CT molecular complexity index is 1410. The molecule has 6 nitrogen and oxygen atoms in total. The van der Waals surface area contributed by atoms with E-state index < -0.39 is 17.9 Å². The van der Waals surface area contributed by atoms with Crippen molar-refractivity contribution >= 4 is 28.6 Å². The van der Waals surface area contributed by atoms with Gasteiger partial charge in [0.2, 0.25) is 0 Å². The minimum atomic E-state index is -4.76. The lowest BCUT2D eigenvalue weighted by atomic mass is 10.1. The maximum atomic E-state index is 12.7. The van der Waals surface area contributed by atoms with E-state index in [2.05, 4.69) is 14.9 Å². The first-order valence-corrected chi connectivity index (χ1v) is 12.7. The molecular formula is C28H27F3N2O4S. The zero-order valence-electron chi connectivity index (χ0n) is 21.3. The standard InChI is InChI=1S/C28H27F3N2O4S/c1-17-15-20(13-14-23(17)35-16-24(34)37-27(2,3)4)38-26(25-21-7-5-6-8-22(21)32-33-25)18-9-11-19(12-10-18)36-28(29,30)31/h5-15,26H,16H2,1-4H3,(H,32,33). The van der Waals surface area contributed by atoms with Gasteiger partial charge in [-0.25, -0.2) is 4.79 Å². The first-order chi connectivity index (χ1) is 17.9. The second-order valence-electron chi connectivity index (χ2n) is 9.57. The van der Waals surface area contributed by atoms with E-state index >= 15 is 0 Å². The fourth-order valence-electron chi connectivity index (χ4n) is 3.81. The van der Waals surface area contributed by atoms with E-state index in [0.29, 0.717) is 5.75 Å². The van der Waals surface area contributed by atoms with Crippen LogP contribution in [0.5, 0.6) is 11.5 Å². The number of rotatable bonds is 8. The van der Waals surface area contributed by atoms with Crippen molar-refractivity contribution in [2.75, 3.05) is 6.61 Å². The van der Waals surface area contributed by atoms with Crippen molar-refractivity contribution in [1.82, 2.24) is 10.2 Å². The molecule has 1 N–H and O–H groups in total. The number of H-pyrrole nitrogens is 1. The summed E-state index contributed by atoms with van der Waals surface area (Å²) in [5, 5.41) is 8.14. The number of hydrogen-bond acceptors (Lipinski definition) is 6. The van der Waals surface area contributed by atoms with Crippen molar-refractivity contribution in [2.24, 2.45) is 0 Å². The van der Waals surface area contributed by atoms with Crippen LogP contribution in [-0.2, 0) is 9.53 Å². The molecule has 0 saturated carbocycles. The summed E-state index contributed by atoms with van der Waals surface area (Å²) >= 11 is 1.50. The van der Waals surface area contributed by atoms with Crippen molar-refractivity contribution in [3.05, 3.63) is 83.6 Å². The van der Waals surface area contributed by atoms with Gasteiger partial charge in [-0.3, -0.25) is 5.10 Å². The summed E-state index contributed by atoms with van der Waals surface area (Å²) in [7, 11) is 0. The number of ether oxygens (including phenoxy) is 3. The molecule has 0 spiro atoms. The number of nitrogens with one attached hydrogen (secondary N) is 1. The van der Waals surface area contributed by atoms with Crippen LogP contribution in [0.15, 0.2) is 71.6 Å². The number of para-hydroxylation sites is 1. The molecule has 0 radical (unpaired) electrons. The molecule has 1 unspecified atom stereocenters. The minimum absolute atomic E-state index is 0.209. The number of aromatic nitrogens is 2. The Balaban J connectivity index is 1.59. The first kappa shape index (κ1) is 27.4. The van der Waals surface area contributed by atoms with Gasteiger partial charge in [-0.15, -0.1) is 24.9 Å². The first-order valence-electron chi connectivity index (χ1n) is 11.8. The monoisotopic (exact) mass is 544 g/mol. The summed E-state index contributed by atoms with van der Waals surface area (Å²) in [6.07, 6.45) is -4.76. The van der Waals surface area contributed by atoms with E-state index in [0.717, 1.165) is 32.6 Å². The highest BCUT2D eigenvalue weighted by atomic mass is 32.2. The summed E-state index contributed by atoms with van der Waals surface area (Å²) in [6.45, 7) is 7.03. The number of carbonyl (C=O) groups is 1. The van der Waals surface area contributed by atoms with E-state index in [4.69, 9.17) is 9.47 Å². The number of thioether (sulfide) groups is 1. The predicted molar refractivity (Wildman–Crippen MR) is 139 cm³/mol. The van der Waals surface area contributed by atoms with Gasteiger partial charge in [0, 0.05) is 10.3 Å². The Morgan fingerprint density at radius 2 is 1.74 bits per heavy atom. The number of benzene rings is 3.